The maximum atomic E-state index is 12.8. The molecule has 0 bridgehead atoms. The molecular formula is C23H24ClN5O2S. The molecule has 2 heterocycles. The Kier molecular flexibility index (Phi) is 6.72. The zero-order valence-electron chi connectivity index (χ0n) is 17.9. The van der Waals surface area contributed by atoms with Gasteiger partial charge < -0.3 is 15.5 Å². The number of nitrogens with zero attached hydrogens (tertiary/aromatic N) is 3. The summed E-state index contributed by atoms with van der Waals surface area (Å²) in [5, 5.41) is 15.7. The molecule has 1 aromatic heterocycles. The standard InChI is InChI=1S/C23H24ClN5O2S/c1-14-8-9-19(11-15(14)2)26-23(31)29-10-4-5-16(13-29)21-27-28-22(32-21)20(30)25-18-7-3-6-17(24)12-18/h3,6-9,11-12,16H,4-5,10,13H2,1-2H3,(H,25,30)(H,26,31)/t16-/m0/s1. The topological polar surface area (TPSA) is 87.2 Å². The molecule has 1 aliphatic heterocycles. The molecule has 1 fully saturated rings. The third kappa shape index (κ3) is 5.26. The normalized spacial score (nSPS) is 16.0. The fourth-order valence-electron chi connectivity index (χ4n) is 3.63. The van der Waals surface area contributed by atoms with E-state index in [4.69, 9.17) is 11.6 Å². The smallest absolute Gasteiger partial charge is 0.321 e. The molecule has 1 atom stereocenters. The molecular weight excluding hydrogens is 446 g/mol. The Balaban J connectivity index is 1.39. The number of anilines is 2. The Labute approximate surface area is 195 Å². The first-order valence-corrected chi connectivity index (χ1v) is 11.6. The van der Waals surface area contributed by atoms with Gasteiger partial charge in [0.1, 0.15) is 5.01 Å². The highest BCUT2D eigenvalue weighted by Crippen LogP contribution is 2.30. The Morgan fingerprint density at radius 3 is 2.66 bits per heavy atom. The fraction of sp³-hybridized carbons (Fsp3) is 0.304. The summed E-state index contributed by atoms with van der Waals surface area (Å²) in [5.74, 6) is -0.268. The molecule has 0 unspecified atom stereocenters. The number of piperidine rings is 1. The van der Waals surface area contributed by atoms with Crippen LogP contribution in [0.25, 0.3) is 0 Å². The number of halogens is 1. The maximum absolute atomic E-state index is 12.8. The van der Waals surface area contributed by atoms with Crippen LogP contribution in [0.4, 0.5) is 16.2 Å². The summed E-state index contributed by atoms with van der Waals surface area (Å²) in [5.41, 5.74) is 3.71. The third-order valence-corrected chi connectivity index (χ3v) is 6.85. The third-order valence-electron chi connectivity index (χ3n) is 5.53. The Bertz CT molecular complexity index is 1150. The number of carbonyl (C=O) groups is 2. The van der Waals surface area contributed by atoms with Gasteiger partial charge in [0.05, 0.1) is 0 Å². The second-order valence-corrected chi connectivity index (χ2v) is 9.37. The summed E-state index contributed by atoms with van der Waals surface area (Å²) in [7, 11) is 0. The number of rotatable bonds is 4. The Hall–Kier alpha value is -2.97. The van der Waals surface area contributed by atoms with Crippen molar-refractivity contribution in [1.82, 2.24) is 15.1 Å². The van der Waals surface area contributed by atoms with Crippen LogP contribution in [0.3, 0.4) is 0 Å². The van der Waals surface area contributed by atoms with Gasteiger partial charge in [0, 0.05) is 35.4 Å². The van der Waals surface area contributed by atoms with Gasteiger partial charge in [-0.15, -0.1) is 10.2 Å². The predicted molar refractivity (Wildman–Crippen MR) is 128 cm³/mol. The number of carbonyl (C=O) groups excluding carboxylic acids is 2. The number of nitrogens with one attached hydrogen (secondary N) is 2. The van der Waals surface area contributed by atoms with E-state index in [9.17, 15) is 9.59 Å². The number of urea groups is 1. The van der Waals surface area contributed by atoms with Crippen LogP contribution < -0.4 is 10.6 Å². The summed E-state index contributed by atoms with van der Waals surface area (Å²) in [6.45, 7) is 5.30. The van der Waals surface area contributed by atoms with E-state index in [1.165, 1.54) is 16.9 Å². The largest absolute Gasteiger partial charge is 0.324 e. The van der Waals surface area contributed by atoms with Crippen LogP contribution in [-0.4, -0.2) is 40.1 Å². The van der Waals surface area contributed by atoms with Gasteiger partial charge in [-0.3, -0.25) is 4.79 Å². The Morgan fingerprint density at radius 2 is 1.88 bits per heavy atom. The fourth-order valence-corrected chi connectivity index (χ4v) is 4.68. The van der Waals surface area contributed by atoms with Gasteiger partial charge in [-0.1, -0.05) is 35.1 Å². The minimum absolute atomic E-state index is 0.0551. The highest BCUT2D eigenvalue weighted by Gasteiger charge is 2.28. The summed E-state index contributed by atoms with van der Waals surface area (Å²) < 4.78 is 0. The van der Waals surface area contributed by atoms with Crippen LogP contribution in [0.5, 0.6) is 0 Å². The van der Waals surface area contributed by atoms with Crippen molar-refractivity contribution in [3.63, 3.8) is 0 Å². The Morgan fingerprint density at radius 1 is 1.06 bits per heavy atom. The quantitative estimate of drug-likeness (QED) is 0.530. The first-order valence-electron chi connectivity index (χ1n) is 10.4. The zero-order chi connectivity index (χ0) is 22.7. The highest BCUT2D eigenvalue weighted by molar-refractivity contribution is 7.13. The average molecular weight is 470 g/mol. The minimum Gasteiger partial charge on any atom is -0.324 e. The van der Waals surface area contributed by atoms with Gasteiger partial charge in [0.25, 0.3) is 5.91 Å². The van der Waals surface area contributed by atoms with Crippen molar-refractivity contribution in [3.05, 3.63) is 68.6 Å². The lowest BCUT2D eigenvalue weighted by molar-refractivity contribution is 0.102. The molecule has 2 N–H and O–H groups in total. The number of likely N-dealkylation sites (tertiary alicyclic amines) is 1. The van der Waals surface area contributed by atoms with Crippen molar-refractivity contribution in [1.29, 1.82) is 0 Å². The van der Waals surface area contributed by atoms with Crippen LogP contribution in [0, 0.1) is 13.8 Å². The van der Waals surface area contributed by atoms with E-state index in [1.54, 1.807) is 29.2 Å². The van der Waals surface area contributed by atoms with E-state index in [0.717, 1.165) is 29.1 Å². The number of aromatic nitrogens is 2. The monoisotopic (exact) mass is 469 g/mol. The van der Waals surface area contributed by atoms with Gasteiger partial charge in [-0.05, 0) is 68.1 Å². The summed E-state index contributed by atoms with van der Waals surface area (Å²) in [4.78, 5) is 27.1. The summed E-state index contributed by atoms with van der Waals surface area (Å²) in [6, 6.07) is 12.7. The number of amides is 3. The molecule has 3 amide bonds. The molecule has 4 rings (SSSR count). The van der Waals surface area contributed by atoms with E-state index in [2.05, 4.69) is 20.8 Å². The number of benzene rings is 2. The van der Waals surface area contributed by atoms with Crippen LogP contribution in [-0.2, 0) is 0 Å². The molecule has 2 aromatic carbocycles. The first-order chi connectivity index (χ1) is 15.4. The molecule has 0 spiro atoms. The molecule has 7 nitrogen and oxygen atoms in total. The molecule has 0 radical (unpaired) electrons. The predicted octanol–water partition coefficient (Wildman–Crippen LogP) is 5.47. The summed E-state index contributed by atoms with van der Waals surface area (Å²) in [6.07, 6.45) is 1.77. The summed E-state index contributed by atoms with van der Waals surface area (Å²) >= 11 is 7.24. The molecule has 0 saturated carbocycles. The lowest BCUT2D eigenvalue weighted by Gasteiger charge is -2.31. The average Bonchev–Trinajstić information content (AvgIpc) is 3.27. The molecule has 3 aromatic rings. The van der Waals surface area contributed by atoms with Crippen LogP contribution in [0.15, 0.2) is 42.5 Å². The van der Waals surface area contributed by atoms with Crippen molar-refractivity contribution < 1.29 is 9.59 Å². The van der Waals surface area contributed by atoms with Crippen molar-refractivity contribution in [2.75, 3.05) is 23.7 Å². The van der Waals surface area contributed by atoms with Crippen molar-refractivity contribution in [2.24, 2.45) is 0 Å². The second-order valence-electron chi connectivity index (χ2n) is 7.92. The molecule has 1 saturated heterocycles. The lowest BCUT2D eigenvalue weighted by Crippen LogP contribution is -2.41. The van der Waals surface area contributed by atoms with Gasteiger partial charge in [0.15, 0.2) is 0 Å². The van der Waals surface area contributed by atoms with Crippen LogP contribution in [0.1, 0.15) is 44.7 Å². The van der Waals surface area contributed by atoms with Crippen molar-refractivity contribution in [2.45, 2.75) is 32.6 Å². The van der Waals surface area contributed by atoms with Gasteiger partial charge in [-0.25, -0.2) is 4.79 Å². The highest BCUT2D eigenvalue weighted by atomic mass is 35.5. The molecule has 0 aliphatic carbocycles. The van der Waals surface area contributed by atoms with E-state index in [0.29, 0.717) is 23.8 Å². The first kappa shape index (κ1) is 22.2. The number of hydrogen-bond donors (Lipinski definition) is 2. The van der Waals surface area contributed by atoms with Gasteiger partial charge >= 0.3 is 6.03 Å². The van der Waals surface area contributed by atoms with E-state index in [1.807, 2.05) is 32.0 Å². The zero-order valence-corrected chi connectivity index (χ0v) is 19.5. The van der Waals surface area contributed by atoms with Crippen LogP contribution in [0.2, 0.25) is 5.02 Å². The molecule has 166 valence electrons. The van der Waals surface area contributed by atoms with Crippen molar-refractivity contribution >= 4 is 46.3 Å². The number of aryl methyl sites for hydroxylation is 2. The van der Waals surface area contributed by atoms with E-state index >= 15 is 0 Å². The molecule has 9 heteroatoms. The SMILES string of the molecule is Cc1ccc(NC(=O)N2CCC[C@H](c3nnc(C(=O)Nc4cccc(Cl)c4)s3)C2)cc1C. The van der Waals surface area contributed by atoms with E-state index in [-0.39, 0.29) is 22.9 Å². The van der Waals surface area contributed by atoms with Crippen LogP contribution >= 0.6 is 22.9 Å². The maximum Gasteiger partial charge on any atom is 0.321 e. The number of hydrogen-bond acceptors (Lipinski definition) is 5. The minimum atomic E-state index is -0.323. The van der Waals surface area contributed by atoms with Crippen molar-refractivity contribution in [3.8, 4) is 0 Å². The van der Waals surface area contributed by atoms with Gasteiger partial charge in [0.2, 0.25) is 5.01 Å². The lowest BCUT2D eigenvalue weighted by atomic mass is 9.99. The molecule has 32 heavy (non-hydrogen) atoms. The second kappa shape index (κ2) is 9.67. The van der Waals surface area contributed by atoms with Gasteiger partial charge in [-0.2, -0.15) is 0 Å². The van der Waals surface area contributed by atoms with E-state index < -0.39 is 0 Å². The molecule has 1 aliphatic rings.